The minimum Gasteiger partial charge on any atom is -0.445 e. The van der Waals surface area contributed by atoms with Gasteiger partial charge in [0.05, 0.1) is 11.6 Å². The molecule has 5 nitrogen and oxygen atoms in total. The molecule has 0 bridgehead atoms. The topological polar surface area (TPSA) is 68.3 Å². The number of pyridine rings is 1. The van der Waals surface area contributed by atoms with Crippen molar-refractivity contribution in [3.05, 3.63) is 78.0 Å². The summed E-state index contributed by atoms with van der Waals surface area (Å²) in [5.74, 6) is 0. The summed E-state index contributed by atoms with van der Waals surface area (Å²) in [5, 5.41) is 3.57. The highest BCUT2D eigenvalue weighted by atomic mass is 16.5. The van der Waals surface area contributed by atoms with Gasteiger partial charge in [-0.25, -0.2) is 4.79 Å². The van der Waals surface area contributed by atoms with Crippen molar-refractivity contribution in [2.45, 2.75) is 19.1 Å². The summed E-state index contributed by atoms with van der Waals surface area (Å²) in [7, 11) is 0. The largest absolute Gasteiger partial charge is 0.445 e. The molecule has 0 aliphatic heterocycles. The lowest BCUT2D eigenvalue weighted by molar-refractivity contribution is -0.109. The number of carbonyl (C=O) groups excluding carboxylic acids is 2. The van der Waals surface area contributed by atoms with Crippen molar-refractivity contribution in [3.8, 4) is 0 Å². The van der Waals surface area contributed by atoms with E-state index in [1.165, 1.54) is 0 Å². The third kappa shape index (κ3) is 4.41. The molecule has 2 aromatic carbocycles. The number of aldehydes is 1. The third-order valence-corrected chi connectivity index (χ3v) is 3.86. The first-order valence-electron chi connectivity index (χ1n) is 8.01. The summed E-state index contributed by atoms with van der Waals surface area (Å²) in [6.45, 7) is 0.163. The molecule has 5 heteroatoms. The average molecular weight is 334 g/mol. The van der Waals surface area contributed by atoms with Gasteiger partial charge in [-0.05, 0) is 23.3 Å². The van der Waals surface area contributed by atoms with E-state index >= 15 is 0 Å². The maximum absolute atomic E-state index is 11.9. The first-order chi connectivity index (χ1) is 12.3. The first kappa shape index (κ1) is 16.6. The van der Waals surface area contributed by atoms with Crippen molar-refractivity contribution >= 4 is 23.3 Å². The maximum Gasteiger partial charge on any atom is 0.408 e. The van der Waals surface area contributed by atoms with Crippen LogP contribution in [0.2, 0.25) is 0 Å². The predicted molar refractivity (Wildman–Crippen MR) is 95.1 cm³/mol. The average Bonchev–Trinajstić information content (AvgIpc) is 2.67. The molecular weight excluding hydrogens is 316 g/mol. The fourth-order valence-corrected chi connectivity index (χ4v) is 2.63. The number of fused-ring (bicyclic) bond motifs is 1. The maximum atomic E-state index is 11.9. The Bertz CT molecular complexity index is 860. The molecule has 0 aliphatic carbocycles. The van der Waals surface area contributed by atoms with E-state index in [1.54, 1.807) is 6.20 Å². The van der Waals surface area contributed by atoms with E-state index in [2.05, 4.69) is 10.3 Å². The molecule has 0 saturated heterocycles. The number of nitrogens with one attached hydrogen (secondary N) is 1. The van der Waals surface area contributed by atoms with Gasteiger partial charge in [0.25, 0.3) is 0 Å². The van der Waals surface area contributed by atoms with Crippen LogP contribution in [0.5, 0.6) is 0 Å². The molecule has 0 fully saturated rings. The highest BCUT2D eigenvalue weighted by Gasteiger charge is 2.14. The fourth-order valence-electron chi connectivity index (χ4n) is 2.63. The molecule has 0 radical (unpaired) electrons. The van der Waals surface area contributed by atoms with Crippen LogP contribution in [0.4, 0.5) is 4.79 Å². The zero-order chi connectivity index (χ0) is 17.5. The molecule has 3 aromatic rings. The van der Waals surface area contributed by atoms with Gasteiger partial charge in [-0.2, -0.15) is 0 Å². The highest BCUT2D eigenvalue weighted by Crippen LogP contribution is 2.17. The SMILES string of the molecule is O=C[C@H](Cc1cccc2ncccc12)NC(=O)OCc1ccccc1. The van der Waals surface area contributed by atoms with Crippen molar-refractivity contribution in [1.82, 2.24) is 10.3 Å². The smallest absolute Gasteiger partial charge is 0.408 e. The summed E-state index contributed by atoms with van der Waals surface area (Å²) >= 11 is 0. The van der Waals surface area contributed by atoms with Gasteiger partial charge >= 0.3 is 6.09 Å². The molecule has 0 spiro atoms. The minimum atomic E-state index is -0.658. The number of benzene rings is 2. The van der Waals surface area contributed by atoms with Gasteiger partial charge in [0.15, 0.2) is 0 Å². The van der Waals surface area contributed by atoms with Gasteiger partial charge in [-0.15, -0.1) is 0 Å². The zero-order valence-electron chi connectivity index (χ0n) is 13.6. The number of carbonyl (C=O) groups is 2. The summed E-state index contributed by atoms with van der Waals surface area (Å²) < 4.78 is 5.16. The Morgan fingerprint density at radius 3 is 2.72 bits per heavy atom. The Hall–Kier alpha value is -3.21. The van der Waals surface area contributed by atoms with E-state index in [0.29, 0.717) is 6.42 Å². The molecule has 126 valence electrons. The molecule has 1 N–H and O–H groups in total. The second-order valence-corrected chi connectivity index (χ2v) is 5.64. The van der Waals surface area contributed by atoms with E-state index < -0.39 is 12.1 Å². The van der Waals surface area contributed by atoms with Gasteiger partial charge in [-0.3, -0.25) is 4.98 Å². The van der Waals surface area contributed by atoms with E-state index in [-0.39, 0.29) is 6.61 Å². The predicted octanol–water partition coefficient (Wildman–Crippen LogP) is 3.27. The quantitative estimate of drug-likeness (QED) is 0.703. The Kier molecular flexibility index (Phi) is 5.36. The van der Waals surface area contributed by atoms with Gasteiger partial charge < -0.3 is 14.8 Å². The zero-order valence-corrected chi connectivity index (χ0v) is 13.6. The number of alkyl carbamates (subject to hydrolysis) is 1. The summed E-state index contributed by atoms with van der Waals surface area (Å²) in [4.78, 5) is 27.6. The molecule has 0 unspecified atom stereocenters. The number of ether oxygens (including phenoxy) is 1. The van der Waals surface area contributed by atoms with Crippen molar-refractivity contribution in [3.63, 3.8) is 0 Å². The van der Waals surface area contributed by atoms with Gasteiger partial charge in [-0.1, -0.05) is 48.5 Å². The highest BCUT2D eigenvalue weighted by molar-refractivity contribution is 5.83. The van der Waals surface area contributed by atoms with E-state index in [9.17, 15) is 9.59 Å². The van der Waals surface area contributed by atoms with E-state index in [0.717, 1.165) is 28.3 Å². The summed E-state index contributed by atoms with van der Waals surface area (Å²) in [5.41, 5.74) is 2.70. The second-order valence-electron chi connectivity index (χ2n) is 5.64. The number of amides is 1. The number of aromatic nitrogens is 1. The Morgan fingerprint density at radius 1 is 1.08 bits per heavy atom. The number of hydrogen-bond acceptors (Lipinski definition) is 4. The van der Waals surface area contributed by atoms with Crippen molar-refractivity contribution in [2.75, 3.05) is 0 Å². The number of rotatable bonds is 6. The molecule has 3 rings (SSSR count). The summed E-state index contributed by atoms with van der Waals surface area (Å²) in [6, 6.07) is 18.3. The fraction of sp³-hybridized carbons (Fsp3) is 0.150. The second kappa shape index (κ2) is 8.06. The lowest BCUT2D eigenvalue weighted by Gasteiger charge is -2.14. The van der Waals surface area contributed by atoms with Gasteiger partial charge in [0.2, 0.25) is 0 Å². The lowest BCUT2D eigenvalue weighted by Crippen LogP contribution is -2.37. The molecule has 1 heterocycles. The van der Waals surface area contributed by atoms with Crippen LogP contribution < -0.4 is 5.32 Å². The monoisotopic (exact) mass is 334 g/mol. The molecule has 1 amide bonds. The van der Waals surface area contributed by atoms with Crippen LogP contribution in [-0.4, -0.2) is 23.4 Å². The standard InChI is InChI=1S/C20H18N2O3/c23-13-17(22-20(24)25-14-15-6-2-1-3-7-15)12-16-8-4-10-19-18(16)9-5-11-21-19/h1-11,13,17H,12,14H2,(H,22,24)/t17-/m0/s1. The van der Waals surface area contributed by atoms with Crippen molar-refractivity contribution < 1.29 is 14.3 Å². The number of hydrogen-bond donors (Lipinski definition) is 1. The Morgan fingerprint density at radius 2 is 1.92 bits per heavy atom. The third-order valence-electron chi connectivity index (χ3n) is 3.86. The molecular formula is C20H18N2O3. The Balaban J connectivity index is 1.62. The van der Waals surface area contributed by atoms with Gasteiger partial charge in [0.1, 0.15) is 12.9 Å². The molecule has 25 heavy (non-hydrogen) atoms. The van der Waals surface area contributed by atoms with Crippen LogP contribution in [-0.2, 0) is 22.6 Å². The van der Waals surface area contributed by atoms with Crippen LogP contribution >= 0.6 is 0 Å². The molecule has 0 saturated carbocycles. The number of nitrogens with zero attached hydrogens (tertiary/aromatic N) is 1. The summed E-state index contributed by atoms with van der Waals surface area (Å²) in [6.07, 6.45) is 2.22. The van der Waals surface area contributed by atoms with Crippen molar-refractivity contribution in [2.24, 2.45) is 0 Å². The van der Waals surface area contributed by atoms with E-state index in [4.69, 9.17) is 4.74 Å². The van der Waals surface area contributed by atoms with E-state index in [1.807, 2.05) is 60.7 Å². The lowest BCUT2D eigenvalue weighted by atomic mass is 10.0. The molecule has 1 aromatic heterocycles. The minimum absolute atomic E-state index is 0.163. The van der Waals surface area contributed by atoms with Crippen LogP contribution in [0.25, 0.3) is 10.9 Å². The van der Waals surface area contributed by atoms with Crippen LogP contribution in [0.15, 0.2) is 66.9 Å². The van der Waals surface area contributed by atoms with Gasteiger partial charge in [0, 0.05) is 18.0 Å². The molecule has 0 aliphatic rings. The first-order valence-corrected chi connectivity index (χ1v) is 8.01. The Labute approximate surface area is 145 Å². The van der Waals surface area contributed by atoms with Crippen LogP contribution in [0, 0.1) is 0 Å². The van der Waals surface area contributed by atoms with Crippen LogP contribution in [0.1, 0.15) is 11.1 Å². The molecule has 1 atom stereocenters. The van der Waals surface area contributed by atoms with Crippen molar-refractivity contribution in [1.29, 1.82) is 0 Å². The normalized spacial score (nSPS) is 11.7. The van der Waals surface area contributed by atoms with Crippen LogP contribution in [0.3, 0.4) is 0 Å².